The monoisotopic (exact) mass is 215 g/mol. The third kappa shape index (κ3) is 1.51. The van der Waals surface area contributed by atoms with Gasteiger partial charge in [-0.25, -0.2) is 4.98 Å². The van der Waals surface area contributed by atoms with E-state index in [-0.39, 0.29) is 0 Å². The third-order valence-electron chi connectivity index (χ3n) is 3.06. The summed E-state index contributed by atoms with van der Waals surface area (Å²) in [6.07, 6.45) is 7.11. The van der Waals surface area contributed by atoms with Gasteiger partial charge in [-0.15, -0.1) is 0 Å². The van der Waals surface area contributed by atoms with E-state index in [0.29, 0.717) is 11.6 Å². The highest BCUT2D eigenvalue weighted by Gasteiger charge is 2.18. The number of fused-ring (bicyclic) bond motifs is 1. The molecule has 82 valence electrons. The zero-order valence-corrected chi connectivity index (χ0v) is 8.89. The predicted octanol–water partition coefficient (Wildman–Crippen LogP) is 1.57. The first-order chi connectivity index (χ1) is 7.86. The Morgan fingerprint density at radius 2 is 2.50 bits per heavy atom. The normalized spacial score (nSPS) is 20.4. The van der Waals surface area contributed by atoms with Gasteiger partial charge >= 0.3 is 0 Å². The molecule has 0 spiro atoms. The first-order valence-corrected chi connectivity index (χ1v) is 5.54. The van der Waals surface area contributed by atoms with Gasteiger partial charge in [0.15, 0.2) is 0 Å². The Bertz CT molecular complexity index is 526. The number of rotatable bonds is 2. The molecule has 2 aromatic heterocycles. The lowest BCUT2D eigenvalue weighted by Gasteiger charge is -2.04. The minimum Gasteiger partial charge on any atom is -0.309 e. The number of nitrogens with zero attached hydrogens (tertiary/aromatic N) is 2. The van der Waals surface area contributed by atoms with E-state index in [9.17, 15) is 4.79 Å². The molecule has 1 N–H and O–H groups in total. The minimum atomic E-state index is 0.375. The standard InChI is InChI=1S/C12H13N3O/c16-8-9-3-5-15-7-11(14-12(15)6-9)10-2-1-4-13-10/h3,5-8,10,13H,1-2,4H2. The summed E-state index contributed by atoms with van der Waals surface area (Å²) in [5, 5.41) is 3.42. The number of pyridine rings is 1. The Labute approximate surface area is 93.3 Å². The highest BCUT2D eigenvalue weighted by atomic mass is 16.1. The summed E-state index contributed by atoms with van der Waals surface area (Å²) < 4.78 is 1.96. The van der Waals surface area contributed by atoms with E-state index in [1.807, 2.05) is 22.9 Å². The minimum absolute atomic E-state index is 0.375. The molecule has 3 heterocycles. The number of carbonyl (C=O) groups excluding carboxylic acids is 1. The van der Waals surface area contributed by atoms with Crippen molar-refractivity contribution in [3.8, 4) is 0 Å². The molecule has 0 bridgehead atoms. The van der Waals surface area contributed by atoms with Crippen molar-refractivity contribution in [3.05, 3.63) is 35.8 Å². The number of hydrogen-bond acceptors (Lipinski definition) is 3. The SMILES string of the molecule is O=Cc1ccn2cc(C3CCCN3)nc2c1. The smallest absolute Gasteiger partial charge is 0.150 e. The van der Waals surface area contributed by atoms with E-state index < -0.39 is 0 Å². The van der Waals surface area contributed by atoms with Gasteiger partial charge in [0.05, 0.1) is 11.7 Å². The second kappa shape index (κ2) is 3.72. The van der Waals surface area contributed by atoms with Crippen LogP contribution in [-0.4, -0.2) is 22.2 Å². The van der Waals surface area contributed by atoms with Crippen LogP contribution in [0.15, 0.2) is 24.5 Å². The topological polar surface area (TPSA) is 46.4 Å². The molecule has 3 rings (SSSR count). The molecule has 1 aliphatic rings. The Kier molecular flexibility index (Phi) is 2.22. The van der Waals surface area contributed by atoms with Gasteiger partial charge in [-0.2, -0.15) is 0 Å². The van der Waals surface area contributed by atoms with Crippen molar-refractivity contribution in [2.45, 2.75) is 18.9 Å². The van der Waals surface area contributed by atoms with Crippen LogP contribution in [-0.2, 0) is 0 Å². The van der Waals surface area contributed by atoms with Gasteiger partial charge in [-0.05, 0) is 31.5 Å². The van der Waals surface area contributed by atoms with Crippen LogP contribution >= 0.6 is 0 Å². The van der Waals surface area contributed by atoms with Gasteiger partial charge in [-0.1, -0.05) is 0 Å². The second-order valence-corrected chi connectivity index (χ2v) is 4.16. The zero-order chi connectivity index (χ0) is 11.0. The number of imidazole rings is 1. The fourth-order valence-electron chi connectivity index (χ4n) is 2.20. The zero-order valence-electron chi connectivity index (χ0n) is 8.89. The van der Waals surface area contributed by atoms with Gasteiger partial charge in [0, 0.05) is 18.0 Å². The molecule has 2 aromatic rings. The van der Waals surface area contributed by atoms with Crippen LogP contribution in [0.5, 0.6) is 0 Å². The van der Waals surface area contributed by atoms with E-state index >= 15 is 0 Å². The van der Waals surface area contributed by atoms with Crippen LogP contribution in [0.2, 0.25) is 0 Å². The van der Waals surface area contributed by atoms with Crippen LogP contribution in [0.1, 0.15) is 34.9 Å². The molecule has 1 unspecified atom stereocenters. The van der Waals surface area contributed by atoms with Gasteiger partial charge in [-0.3, -0.25) is 4.79 Å². The maximum absolute atomic E-state index is 10.7. The van der Waals surface area contributed by atoms with Crippen LogP contribution in [0.3, 0.4) is 0 Å². The molecule has 1 aliphatic heterocycles. The highest BCUT2D eigenvalue weighted by Crippen LogP contribution is 2.22. The Hall–Kier alpha value is -1.68. The van der Waals surface area contributed by atoms with E-state index in [1.165, 1.54) is 6.42 Å². The molecule has 1 saturated heterocycles. The van der Waals surface area contributed by atoms with Crippen LogP contribution in [0.25, 0.3) is 5.65 Å². The number of hydrogen-bond donors (Lipinski definition) is 1. The van der Waals surface area contributed by atoms with E-state index in [1.54, 1.807) is 6.07 Å². The molecule has 4 heteroatoms. The molecule has 0 aromatic carbocycles. The van der Waals surface area contributed by atoms with Crippen molar-refractivity contribution in [2.75, 3.05) is 6.54 Å². The lowest BCUT2D eigenvalue weighted by molar-refractivity contribution is 0.112. The molecule has 0 aliphatic carbocycles. The Morgan fingerprint density at radius 1 is 1.56 bits per heavy atom. The largest absolute Gasteiger partial charge is 0.309 e. The summed E-state index contributed by atoms with van der Waals surface area (Å²) in [4.78, 5) is 15.2. The van der Waals surface area contributed by atoms with Crippen LogP contribution in [0, 0.1) is 0 Å². The van der Waals surface area contributed by atoms with Gasteiger partial charge in [0.1, 0.15) is 11.9 Å². The van der Waals surface area contributed by atoms with E-state index in [4.69, 9.17) is 0 Å². The maximum Gasteiger partial charge on any atom is 0.150 e. The summed E-state index contributed by atoms with van der Waals surface area (Å²) in [6, 6.07) is 3.98. The lowest BCUT2D eigenvalue weighted by atomic mass is 10.2. The number of carbonyl (C=O) groups is 1. The quantitative estimate of drug-likeness (QED) is 0.773. The van der Waals surface area contributed by atoms with Crippen molar-refractivity contribution < 1.29 is 4.79 Å². The summed E-state index contributed by atoms with van der Waals surface area (Å²) in [5.74, 6) is 0. The molecule has 1 fully saturated rings. The average molecular weight is 215 g/mol. The van der Waals surface area contributed by atoms with Gasteiger partial charge in [0.2, 0.25) is 0 Å². The first kappa shape index (κ1) is 9.54. The molecule has 4 nitrogen and oxygen atoms in total. The average Bonchev–Trinajstić information content (AvgIpc) is 2.96. The fraction of sp³-hybridized carbons (Fsp3) is 0.333. The van der Waals surface area contributed by atoms with Crippen molar-refractivity contribution >= 4 is 11.9 Å². The van der Waals surface area contributed by atoms with Crippen molar-refractivity contribution in [1.29, 1.82) is 0 Å². The van der Waals surface area contributed by atoms with Crippen molar-refractivity contribution in [2.24, 2.45) is 0 Å². The lowest BCUT2D eigenvalue weighted by Crippen LogP contribution is -2.12. The number of nitrogens with one attached hydrogen (secondary N) is 1. The summed E-state index contributed by atoms with van der Waals surface area (Å²) >= 11 is 0. The summed E-state index contributed by atoms with van der Waals surface area (Å²) in [6.45, 7) is 1.07. The molecule has 0 saturated carbocycles. The first-order valence-electron chi connectivity index (χ1n) is 5.54. The predicted molar refractivity (Wildman–Crippen MR) is 60.6 cm³/mol. The van der Waals surface area contributed by atoms with Crippen molar-refractivity contribution in [1.82, 2.24) is 14.7 Å². The molecule has 16 heavy (non-hydrogen) atoms. The Morgan fingerprint density at radius 3 is 3.25 bits per heavy atom. The molecule has 0 radical (unpaired) electrons. The fourth-order valence-corrected chi connectivity index (χ4v) is 2.20. The summed E-state index contributed by atoms with van der Waals surface area (Å²) in [5.41, 5.74) is 2.58. The second-order valence-electron chi connectivity index (χ2n) is 4.16. The molecule has 1 atom stereocenters. The molecular weight excluding hydrogens is 202 g/mol. The molecule has 0 amide bonds. The van der Waals surface area contributed by atoms with E-state index in [0.717, 1.165) is 30.6 Å². The van der Waals surface area contributed by atoms with Crippen LogP contribution < -0.4 is 5.32 Å². The number of aldehydes is 1. The van der Waals surface area contributed by atoms with Crippen molar-refractivity contribution in [3.63, 3.8) is 0 Å². The van der Waals surface area contributed by atoms with Gasteiger partial charge in [0.25, 0.3) is 0 Å². The van der Waals surface area contributed by atoms with E-state index in [2.05, 4.69) is 10.3 Å². The molecular formula is C12H13N3O. The maximum atomic E-state index is 10.7. The number of aromatic nitrogens is 2. The third-order valence-corrected chi connectivity index (χ3v) is 3.06. The summed E-state index contributed by atoms with van der Waals surface area (Å²) in [7, 11) is 0. The Balaban J connectivity index is 2.04. The van der Waals surface area contributed by atoms with Gasteiger partial charge < -0.3 is 9.72 Å². The highest BCUT2D eigenvalue weighted by molar-refractivity contribution is 5.76. The van der Waals surface area contributed by atoms with Crippen LogP contribution in [0.4, 0.5) is 0 Å².